The van der Waals surface area contributed by atoms with Gasteiger partial charge in [-0.1, -0.05) is 26.7 Å². The van der Waals surface area contributed by atoms with E-state index in [4.69, 9.17) is 4.74 Å². The maximum atomic E-state index is 11.4. The zero-order chi connectivity index (χ0) is 11.8. The molecule has 0 N–H and O–H groups in total. The molecular formula is C14H20O2. The van der Waals surface area contributed by atoms with Gasteiger partial charge in [0.1, 0.15) is 5.75 Å². The van der Waals surface area contributed by atoms with Crippen LogP contribution in [-0.4, -0.2) is 12.4 Å². The van der Waals surface area contributed by atoms with E-state index in [2.05, 4.69) is 6.92 Å². The molecule has 2 heteroatoms. The Kier molecular flexibility index (Phi) is 5.62. The number of benzene rings is 1. The molecule has 0 unspecified atom stereocenters. The van der Waals surface area contributed by atoms with Crippen molar-refractivity contribution in [1.82, 2.24) is 0 Å². The van der Waals surface area contributed by atoms with Crippen LogP contribution in [0.15, 0.2) is 24.3 Å². The summed E-state index contributed by atoms with van der Waals surface area (Å²) in [6.45, 7) is 4.80. The van der Waals surface area contributed by atoms with Crippen molar-refractivity contribution in [3.8, 4) is 5.75 Å². The lowest BCUT2D eigenvalue weighted by Gasteiger charge is -2.06. The molecule has 0 bridgehead atoms. The number of carbonyl (C=O) groups is 1. The van der Waals surface area contributed by atoms with Crippen LogP contribution in [-0.2, 0) is 0 Å². The molecule has 0 heterocycles. The predicted octanol–water partition coefficient (Wildman–Crippen LogP) is 3.85. The van der Waals surface area contributed by atoms with Crippen LogP contribution in [0.2, 0.25) is 0 Å². The quantitative estimate of drug-likeness (QED) is 0.515. The van der Waals surface area contributed by atoms with Gasteiger partial charge in [-0.15, -0.1) is 0 Å². The summed E-state index contributed by atoms with van der Waals surface area (Å²) in [6.07, 6.45) is 4.04. The number of Topliss-reactive ketones (excluding diaryl/α,β-unsaturated/α-hetero) is 1. The SMILES string of the molecule is CCCCCOc1ccc(C(=O)CC)cc1. The molecule has 0 fully saturated rings. The van der Waals surface area contributed by atoms with Gasteiger partial charge in [0, 0.05) is 12.0 Å². The first-order valence-corrected chi connectivity index (χ1v) is 6.04. The van der Waals surface area contributed by atoms with Gasteiger partial charge in [0.25, 0.3) is 0 Å². The van der Waals surface area contributed by atoms with Crippen molar-refractivity contribution < 1.29 is 9.53 Å². The Bertz CT molecular complexity index is 314. The maximum absolute atomic E-state index is 11.4. The predicted molar refractivity (Wildman–Crippen MR) is 66.1 cm³/mol. The van der Waals surface area contributed by atoms with Gasteiger partial charge in [0.2, 0.25) is 0 Å². The normalized spacial score (nSPS) is 10.1. The van der Waals surface area contributed by atoms with E-state index in [1.807, 2.05) is 31.2 Å². The number of hydrogen-bond donors (Lipinski definition) is 0. The van der Waals surface area contributed by atoms with Crippen molar-refractivity contribution >= 4 is 5.78 Å². The number of rotatable bonds is 7. The lowest BCUT2D eigenvalue weighted by Crippen LogP contribution is -1.99. The smallest absolute Gasteiger partial charge is 0.162 e. The van der Waals surface area contributed by atoms with Crippen LogP contribution in [0, 0.1) is 0 Å². The summed E-state index contributed by atoms with van der Waals surface area (Å²) in [5, 5.41) is 0. The molecule has 16 heavy (non-hydrogen) atoms. The van der Waals surface area contributed by atoms with Crippen molar-refractivity contribution in [2.45, 2.75) is 39.5 Å². The lowest BCUT2D eigenvalue weighted by atomic mass is 10.1. The zero-order valence-corrected chi connectivity index (χ0v) is 10.2. The topological polar surface area (TPSA) is 26.3 Å². The van der Waals surface area contributed by atoms with Crippen molar-refractivity contribution in [2.75, 3.05) is 6.61 Å². The second kappa shape index (κ2) is 7.04. The number of hydrogen-bond acceptors (Lipinski definition) is 2. The van der Waals surface area contributed by atoms with E-state index < -0.39 is 0 Å². The van der Waals surface area contributed by atoms with E-state index in [1.54, 1.807) is 0 Å². The summed E-state index contributed by atoms with van der Waals surface area (Å²) in [4.78, 5) is 11.4. The number of ketones is 1. The third-order valence-electron chi connectivity index (χ3n) is 2.51. The van der Waals surface area contributed by atoms with Crippen LogP contribution in [0.5, 0.6) is 5.75 Å². The molecule has 0 aliphatic rings. The monoisotopic (exact) mass is 220 g/mol. The summed E-state index contributed by atoms with van der Waals surface area (Å²) in [6, 6.07) is 7.41. The highest BCUT2D eigenvalue weighted by Crippen LogP contribution is 2.13. The molecule has 2 nitrogen and oxygen atoms in total. The van der Waals surface area contributed by atoms with Crippen LogP contribution in [0.25, 0.3) is 0 Å². The van der Waals surface area contributed by atoms with Crippen LogP contribution in [0.3, 0.4) is 0 Å². The highest BCUT2D eigenvalue weighted by atomic mass is 16.5. The molecule has 1 rings (SSSR count). The molecular weight excluding hydrogens is 200 g/mol. The summed E-state index contributed by atoms with van der Waals surface area (Å²) in [5.41, 5.74) is 0.767. The Morgan fingerprint density at radius 1 is 1.12 bits per heavy atom. The average Bonchev–Trinajstić information content (AvgIpc) is 2.34. The van der Waals surface area contributed by atoms with E-state index >= 15 is 0 Å². The van der Waals surface area contributed by atoms with Crippen molar-refractivity contribution in [1.29, 1.82) is 0 Å². The van der Waals surface area contributed by atoms with Crippen LogP contribution < -0.4 is 4.74 Å². The first kappa shape index (κ1) is 12.8. The van der Waals surface area contributed by atoms with Gasteiger partial charge in [-0.05, 0) is 30.7 Å². The molecule has 0 aliphatic heterocycles. The molecule has 0 aliphatic carbocycles. The third-order valence-corrected chi connectivity index (χ3v) is 2.51. The fraction of sp³-hybridized carbons (Fsp3) is 0.500. The fourth-order valence-electron chi connectivity index (χ4n) is 1.48. The number of carbonyl (C=O) groups excluding carboxylic acids is 1. The summed E-state index contributed by atoms with van der Waals surface area (Å²) in [7, 11) is 0. The van der Waals surface area contributed by atoms with Crippen molar-refractivity contribution in [2.24, 2.45) is 0 Å². The number of unbranched alkanes of at least 4 members (excludes halogenated alkanes) is 2. The fourth-order valence-corrected chi connectivity index (χ4v) is 1.48. The second-order valence-corrected chi connectivity index (χ2v) is 3.86. The van der Waals surface area contributed by atoms with Gasteiger partial charge < -0.3 is 4.74 Å². The average molecular weight is 220 g/mol. The zero-order valence-electron chi connectivity index (χ0n) is 10.2. The Morgan fingerprint density at radius 2 is 1.81 bits per heavy atom. The minimum Gasteiger partial charge on any atom is -0.494 e. The first-order chi connectivity index (χ1) is 7.77. The summed E-state index contributed by atoms with van der Waals surface area (Å²) < 4.78 is 5.57. The van der Waals surface area contributed by atoms with Crippen molar-refractivity contribution in [3.05, 3.63) is 29.8 Å². The molecule has 0 spiro atoms. The molecule has 0 atom stereocenters. The Balaban J connectivity index is 2.42. The molecule has 1 aromatic carbocycles. The van der Waals surface area contributed by atoms with Crippen LogP contribution in [0.4, 0.5) is 0 Å². The van der Waals surface area contributed by atoms with Crippen molar-refractivity contribution in [3.63, 3.8) is 0 Å². The summed E-state index contributed by atoms with van der Waals surface area (Å²) >= 11 is 0. The van der Waals surface area contributed by atoms with Crippen LogP contribution >= 0.6 is 0 Å². The Hall–Kier alpha value is -1.31. The summed E-state index contributed by atoms with van der Waals surface area (Å²) in [5.74, 6) is 1.03. The molecule has 88 valence electrons. The molecule has 0 saturated heterocycles. The third kappa shape index (κ3) is 4.05. The van der Waals surface area contributed by atoms with E-state index in [-0.39, 0.29) is 5.78 Å². The van der Waals surface area contributed by atoms with Gasteiger partial charge in [-0.3, -0.25) is 4.79 Å². The van der Waals surface area contributed by atoms with Gasteiger partial charge in [0.15, 0.2) is 5.78 Å². The van der Waals surface area contributed by atoms with Gasteiger partial charge >= 0.3 is 0 Å². The maximum Gasteiger partial charge on any atom is 0.162 e. The molecule has 1 aromatic rings. The molecule has 0 saturated carbocycles. The Labute approximate surface area is 97.6 Å². The highest BCUT2D eigenvalue weighted by molar-refractivity contribution is 5.95. The standard InChI is InChI=1S/C14H20O2/c1-3-5-6-11-16-13-9-7-12(8-10-13)14(15)4-2/h7-10H,3-6,11H2,1-2H3. The minimum absolute atomic E-state index is 0.178. The highest BCUT2D eigenvalue weighted by Gasteiger charge is 2.02. The molecule has 0 aromatic heterocycles. The van der Waals surface area contributed by atoms with E-state index in [0.29, 0.717) is 6.42 Å². The number of ether oxygens (including phenoxy) is 1. The lowest BCUT2D eigenvalue weighted by molar-refractivity contribution is 0.0988. The van der Waals surface area contributed by atoms with E-state index in [0.717, 1.165) is 24.3 Å². The van der Waals surface area contributed by atoms with Crippen LogP contribution in [0.1, 0.15) is 49.9 Å². The van der Waals surface area contributed by atoms with E-state index in [1.165, 1.54) is 12.8 Å². The van der Waals surface area contributed by atoms with Gasteiger partial charge in [0.05, 0.1) is 6.61 Å². The van der Waals surface area contributed by atoms with Gasteiger partial charge in [-0.25, -0.2) is 0 Å². The van der Waals surface area contributed by atoms with E-state index in [9.17, 15) is 4.79 Å². The molecule has 0 amide bonds. The minimum atomic E-state index is 0.178. The Morgan fingerprint density at radius 3 is 2.38 bits per heavy atom. The largest absolute Gasteiger partial charge is 0.494 e. The van der Waals surface area contributed by atoms with Gasteiger partial charge in [-0.2, -0.15) is 0 Å². The first-order valence-electron chi connectivity index (χ1n) is 6.04. The second-order valence-electron chi connectivity index (χ2n) is 3.86. The molecule has 0 radical (unpaired) electrons.